The molecule has 0 aliphatic carbocycles. The molecular weight excluding hydrogens is 332 g/mol. The molecule has 0 radical (unpaired) electrons. The SMILES string of the molecule is CN1CCCC(CNCc2cc(Br)c3c(c2)OCCO3)C1. The van der Waals surface area contributed by atoms with Crippen LogP contribution in [-0.4, -0.2) is 44.8 Å². The van der Waals surface area contributed by atoms with Crippen molar-refractivity contribution in [3.05, 3.63) is 22.2 Å². The van der Waals surface area contributed by atoms with Crippen molar-refractivity contribution in [3.8, 4) is 11.5 Å². The molecule has 0 bridgehead atoms. The lowest BCUT2D eigenvalue weighted by molar-refractivity contribution is 0.170. The third kappa shape index (κ3) is 3.90. The fourth-order valence-corrected chi connectivity index (χ4v) is 3.73. The van der Waals surface area contributed by atoms with Gasteiger partial charge in [-0.25, -0.2) is 0 Å². The van der Waals surface area contributed by atoms with Crippen LogP contribution >= 0.6 is 15.9 Å². The van der Waals surface area contributed by atoms with Crippen LogP contribution in [0, 0.1) is 5.92 Å². The van der Waals surface area contributed by atoms with Gasteiger partial charge in [0.15, 0.2) is 11.5 Å². The zero-order valence-electron chi connectivity index (χ0n) is 12.5. The molecule has 21 heavy (non-hydrogen) atoms. The van der Waals surface area contributed by atoms with Gasteiger partial charge in [-0.05, 0) is 72.5 Å². The second-order valence-electron chi connectivity index (χ2n) is 6.00. The Labute approximate surface area is 134 Å². The average Bonchev–Trinajstić information content (AvgIpc) is 2.47. The number of likely N-dealkylation sites (tertiary alicyclic amines) is 1. The van der Waals surface area contributed by atoms with Crippen LogP contribution in [0.4, 0.5) is 0 Å². The smallest absolute Gasteiger partial charge is 0.175 e. The summed E-state index contributed by atoms with van der Waals surface area (Å²) in [4.78, 5) is 2.43. The quantitative estimate of drug-likeness (QED) is 0.901. The number of piperidine rings is 1. The maximum absolute atomic E-state index is 5.67. The number of nitrogens with one attached hydrogen (secondary N) is 1. The first-order chi connectivity index (χ1) is 10.2. The Hall–Kier alpha value is -0.780. The Morgan fingerprint density at radius 1 is 1.33 bits per heavy atom. The highest BCUT2D eigenvalue weighted by atomic mass is 79.9. The number of rotatable bonds is 4. The molecule has 2 aliphatic heterocycles. The molecule has 1 fully saturated rings. The molecule has 3 rings (SSSR count). The molecule has 1 aromatic rings. The van der Waals surface area contributed by atoms with Crippen LogP contribution in [0.3, 0.4) is 0 Å². The molecule has 1 N–H and O–H groups in total. The molecule has 5 heteroatoms. The maximum atomic E-state index is 5.67. The number of benzene rings is 1. The third-order valence-corrected chi connectivity index (χ3v) is 4.73. The second kappa shape index (κ2) is 6.99. The molecular formula is C16H23BrN2O2. The molecule has 116 valence electrons. The summed E-state index contributed by atoms with van der Waals surface area (Å²) in [6.45, 7) is 5.65. The monoisotopic (exact) mass is 354 g/mol. The van der Waals surface area contributed by atoms with E-state index >= 15 is 0 Å². The van der Waals surface area contributed by atoms with E-state index in [1.54, 1.807) is 0 Å². The fraction of sp³-hybridized carbons (Fsp3) is 0.625. The van der Waals surface area contributed by atoms with Crippen LogP contribution in [0.2, 0.25) is 0 Å². The molecule has 0 amide bonds. The average molecular weight is 355 g/mol. The molecule has 0 aromatic heterocycles. The van der Waals surface area contributed by atoms with Gasteiger partial charge in [-0.3, -0.25) is 0 Å². The van der Waals surface area contributed by atoms with Gasteiger partial charge in [0, 0.05) is 13.1 Å². The molecule has 1 atom stereocenters. The number of halogens is 1. The second-order valence-corrected chi connectivity index (χ2v) is 6.86. The Morgan fingerprint density at radius 2 is 2.19 bits per heavy atom. The van der Waals surface area contributed by atoms with Gasteiger partial charge in [0.2, 0.25) is 0 Å². The first kappa shape index (κ1) is 15.1. The van der Waals surface area contributed by atoms with Gasteiger partial charge >= 0.3 is 0 Å². The van der Waals surface area contributed by atoms with Gasteiger partial charge in [0.05, 0.1) is 4.47 Å². The summed E-state index contributed by atoms with van der Waals surface area (Å²) in [6.07, 6.45) is 2.65. The zero-order valence-corrected chi connectivity index (χ0v) is 14.1. The van der Waals surface area contributed by atoms with Crippen molar-refractivity contribution in [3.63, 3.8) is 0 Å². The summed E-state index contributed by atoms with van der Waals surface area (Å²) in [5.74, 6) is 2.45. The molecule has 0 spiro atoms. The van der Waals surface area contributed by atoms with Crippen molar-refractivity contribution in [2.45, 2.75) is 19.4 Å². The standard InChI is InChI=1S/C16H23BrN2O2/c1-19-4-2-3-12(11-19)9-18-10-13-7-14(17)16-15(8-13)20-5-6-21-16/h7-8,12,18H,2-6,9-11H2,1H3. The number of hydrogen-bond donors (Lipinski definition) is 1. The number of nitrogens with zero attached hydrogens (tertiary/aromatic N) is 1. The third-order valence-electron chi connectivity index (χ3n) is 4.14. The first-order valence-corrected chi connectivity index (χ1v) is 8.49. The summed E-state index contributed by atoms with van der Waals surface area (Å²) in [7, 11) is 2.21. The minimum atomic E-state index is 0.623. The van der Waals surface area contributed by atoms with Gasteiger partial charge in [-0.2, -0.15) is 0 Å². The molecule has 2 heterocycles. The van der Waals surface area contributed by atoms with E-state index in [9.17, 15) is 0 Å². The number of hydrogen-bond acceptors (Lipinski definition) is 4. The summed E-state index contributed by atoms with van der Waals surface area (Å²) in [6, 6.07) is 4.20. The van der Waals surface area contributed by atoms with E-state index in [-0.39, 0.29) is 0 Å². The molecule has 1 saturated heterocycles. The summed E-state index contributed by atoms with van der Waals surface area (Å²) in [5, 5.41) is 3.58. The zero-order chi connectivity index (χ0) is 14.7. The van der Waals surface area contributed by atoms with Crippen molar-refractivity contribution in [2.75, 3.05) is 39.9 Å². The largest absolute Gasteiger partial charge is 0.486 e. The van der Waals surface area contributed by atoms with E-state index in [4.69, 9.17) is 9.47 Å². The first-order valence-electron chi connectivity index (χ1n) is 7.69. The highest BCUT2D eigenvalue weighted by Crippen LogP contribution is 2.38. The van der Waals surface area contributed by atoms with Crippen molar-refractivity contribution < 1.29 is 9.47 Å². The van der Waals surface area contributed by atoms with Gasteiger partial charge < -0.3 is 19.7 Å². The lowest BCUT2D eigenvalue weighted by Gasteiger charge is -2.29. The predicted octanol–water partition coefficient (Wildman–Crippen LogP) is 2.65. The van der Waals surface area contributed by atoms with Crippen LogP contribution in [-0.2, 0) is 6.54 Å². The Bertz CT molecular complexity index is 495. The molecule has 0 saturated carbocycles. The van der Waals surface area contributed by atoms with E-state index in [1.807, 2.05) is 0 Å². The van der Waals surface area contributed by atoms with Crippen molar-refractivity contribution >= 4 is 15.9 Å². The lowest BCUT2D eigenvalue weighted by Crippen LogP contribution is -2.37. The Balaban J connectivity index is 1.54. The van der Waals surface area contributed by atoms with Crippen LogP contribution in [0.15, 0.2) is 16.6 Å². The van der Waals surface area contributed by atoms with Crippen molar-refractivity contribution in [2.24, 2.45) is 5.92 Å². The van der Waals surface area contributed by atoms with E-state index in [2.05, 4.69) is 45.3 Å². The molecule has 1 unspecified atom stereocenters. The van der Waals surface area contributed by atoms with Crippen LogP contribution in [0.5, 0.6) is 11.5 Å². The van der Waals surface area contributed by atoms with E-state index in [0.717, 1.165) is 35.0 Å². The van der Waals surface area contributed by atoms with Crippen molar-refractivity contribution in [1.82, 2.24) is 10.2 Å². The summed E-state index contributed by atoms with van der Waals surface area (Å²) < 4.78 is 12.3. The lowest BCUT2D eigenvalue weighted by atomic mass is 9.98. The van der Waals surface area contributed by atoms with Crippen LogP contribution in [0.25, 0.3) is 0 Å². The number of fused-ring (bicyclic) bond motifs is 1. The fourth-order valence-electron chi connectivity index (χ4n) is 3.13. The Morgan fingerprint density at radius 3 is 3.05 bits per heavy atom. The highest BCUT2D eigenvalue weighted by Gasteiger charge is 2.18. The van der Waals surface area contributed by atoms with Gasteiger partial charge in [-0.15, -0.1) is 0 Å². The van der Waals surface area contributed by atoms with E-state index < -0.39 is 0 Å². The minimum absolute atomic E-state index is 0.623. The molecule has 4 nitrogen and oxygen atoms in total. The minimum Gasteiger partial charge on any atom is -0.486 e. The predicted molar refractivity (Wildman–Crippen MR) is 87.1 cm³/mol. The summed E-state index contributed by atoms with van der Waals surface area (Å²) >= 11 is 3.57. The molecule has 1 aromatic carbocycles. The van der Waals surface area contributed by atoms with Crippen molar-refractivity contribution in [1.29, 1.82) is 0 Å². The number of ether oxygens (including phenoxy) is 2. The van der Waals surface area contributed by atoms with Gasteiger partial charge in [0.25, 0.3) is 0 Å². The van der Waals surface area contributed by atoms with Gasteiger partial charge in [0.1, 0.15) is 13.2 Å². The normalized spacial score (nSPS) is 22.3. The maximum Gasteiger partial charge on any atom is 0.175 e. The highest BCUT2D eigenvalue weighted by molar-refractivity contribution is 9.10. The van der Waals surface area contributed by atoms with E-state index in [0.29, 0.717) is 13.2 Å². The van der Waals surface area contributed by atoms with Crippen LogP contribution in [0.1, 0.15) is 18.4 Å². The summed E-state index contributed by atoms with van der Waals surface area (Å²) in [5.41, 5.74) is 1.23. The van der Waals surface area contributed by atoms with E-state index in [1.165, 1.54) is 31.5 Å². The van der Waals surface area contributed by atoms with Gasteiger partial charge in [-0.1, -0.05) is 0 Å². The molecule has 2 aliphatic rings. The Kier molecular flexibility index (Phi) is 5.03. The topological polar surface area (TPSA) is 33.7 Å². The van der Waals surface area contributed by atoms with Crippen LogP contribution < -0.4 is 14.8 Å².